The van der Waals surface area contributed by atoms with Gasteiger partial charge in [-0.25, -0.2) is 4.79 Å². The van der Waals surface area contributed by atoms with E-state index in [-0.39, 0.29) is 11.9 Å². The Hall–Kier alpha value is -2.56. The molecule has 5 heteroatoms. The van der Waals surface area contributed by atoms with Crippen LogP contribution in [-0.4, -0.2) is 24.0 Å². The Morgan fingerprint density at radius 2 is 1.88 bits per heavy atom. The first-order valence-electron chi connectivity index (χ1n) is 8.06. The van der Waals surface area contributed by atoms with Gasteiger partial charge in [-0.15, -0.1) is 0 Å². The monoisotopic (exact) mass is 329 g/mol. The van der Waals surface area contributed by atoms with Gasteiger partial charge in [-0.1, -0.05) is 30.3 Å². The number of hydrogen-bond acceptors (Lipinski definition) is 4. The van der Waals surface area contributed by atoms with Gasteiger partial charge in [-0.2, -0.15) is 0 Å². The van der Waals surface area contributed by atoms with Crippen LogP contribution < -0.4 is 5.32 Å². The number of rotatable bonds is 7. The quantitative estimate of drug-likeness (QED) is 0.792. The van der Waals surface area contributed by atoms with E-state index in [1.54, 1.807) is 13.8 Å². The first-order valence-corrected chi connectivity index (χ1v) is 8.06. The largest absolute Gasteiger partial charge is 0.469 e. The van der Waals surface area contributed by atoms with Crippen LogP contribution in [0.25, 0.3) is 0 Å². The van der Waals surface area contributed by atoms with Crippen molar-refractivity contribution < 1.29 is 18.7 Å². The van der Waals surface area contributed by atoms with Crippen molar-refractivity contribution in [1.82, 2.24) is 5.32 Å². The van der Waals surface area contributed by atoms with Gasteiger partial charge >= 0.3 is 5.97 Å². The van der Waals surface area contributed by atoms with Crippen LogP contribution in [0.4, 0.5) is 0 Å². The maximum Gasteiger partial charge on any atom is 0.342 e. The summed E-state index contributed by atoms with van der Waals surface area (Å²) < 4.78 is 10.3. The minimum Gasteiger partial charge on any atom is -0.469 e. The van der Waals surface area contributed by atoms with E-state index in [0.717, 1.165) is 12.8 Å². The Morgan fingerprint density at radius 1 is 1.17 bits per heavy atom. The zero-order valence-corrected chi connectivity index (χ0v) is 14.2. The Balaban J connectivity index is 1.78. The molecule has 5 nitrogen and oxygen atoms in total. The summed E-state index contributed by atoms with van der Waals surface area (Å²) in [6.45, 7) is 5.18. The van der Waals surface area contributed by atoms with Crippen molar-refractivity contribution in [3.8, 4) is 0 Å². The molecule has 2 rings (SSSR count). The molecule has 0 unspecified atom stereocenters. The van der Waals surface area contributed by atoms with Crippen molar-refractivity contribution >= 4 is 11.9 Å². The van der Waals surface area contributed by atoms with Crippen LogP contribution >= 0.6 is 0 Å². The molecule has 1 amide bonds. The topological polar surface area (TPSA) is 68.5 Å². The molecule has 0 spiro atoms. The van der Waals surface area contributed by atoms with E-state index in [4.69, 9.17) is 9.15 Å². The summed E-state index contributed by atoms with van der Waals surface area (Å²) in [6.07, 6.45) is 2.26. The molecule has 0 radical (unpaired) electrons. The summed E-state index contributed by atoms with van der Waals surface area (Å²) in [7, 11) is 0. The van der Waals surface area contributed by atoms with Crippen LogP contribution in [-0.2, 0) is 16.0 Å². The van der Waals surface area contributed by atoms with Crippen LogP contribution in [0.15, 0.2) is 47.1 Å². The SMILES string of the molecule is Cc1occc1C(=O)O[C@H](C)C(=O)N[C@@H](C)CCc1ccccc1. The predicted octanol–water partition coefficient (Wildman–Crippen LogP) is 3.27. The van der Waals surface area contributed by atoms with Crippen molar-refractivity contribution in [2.24, 2.45) is 0 Å². The lowest BCUT2D eigenvalue weighted by atomic mass is 10.1. The van der Waals surface area contributed by atoms with Crippen molar-refractivity contribution in [2.75, 3.05) is 0 Å². The zero-order valence-electron chi connectivity index (χ0n) is 14.2. The summed E-state index contributed by atoms with van der Waals surface area (Å²) in [5, 5.41) is 2.88. The van der Waals surface area contributed by atoms with E-state index >= 15 is 0 Å². The molecule has 1 heterocycles. The highest BCUT2D eigenvalue weighted by Crippen LogP contribution is 2.12. The highest BCUT2D eigenvalue weighted by Gasteiger charge is 2.22. The fraction of sp³-hybridized carbons (Fsp3) is 0.368. The lowest BCUT2D eigenvalue weighted by molar-refractivity contribution is -0.129. The van der Waals surface area contributed by atoms with E-state index < -0.39 is 12.1 Å². The van der Waals surface area contributed by atoms with Gasteiger partial charge in [0.2, 0.25) is 0 Å². The molecule has 128 valence electrons. The second-order valence-electron chi connectivity index (χ2n) is 5.87. The Morgan fingerprint density at radius 3 is 2.50 bits per heavy atom. The summed E-state index contributed by atoms with van der Waals surface area (Å²) in [5.74, 6) is -0.380. The zero-order chi connectivity index (χ0) is 17.5. The Labute approximate surface area is 142 Å². The molecule has 0 aliphatic rings. The van der Waals surface area contributed by atoms with E-state index in [0.29, 0.717) is 11.3 Å². The van der Waals surface area contributed by atoms with Gasteiger partial charge < -0.3 is 14.5 Å². The van der Waals surface area contributed by atoms with Crippen molar-refractivity contribution in [3.05, 3.63) is 59.5 Å². The maximum absolute atomic E-state index is 12.1. The molecule has 2 aromatic rings. The third-order valence-electron chi connectivity index (χ3n) is 3.83. The average molecular weight is 329 g/mol. The molecular formula is C19H23NO4. The van der Waals surface area contributed by atoms with E-state index in [9.17, 15) is 9.59 Å². The van der Waals surface area contributed by atoms with Crippen molar-refractivity contribution in [2.45, 2.75) is 45.8 Å². The second-order valence-corrected chi connectivity index (χ2v) is 5.87. The van der Waals surface area contributed by atoms with Crippen molar-refractivity contribution in [3.63, 3.8) is 0 Å². The van der Waals surface area contributed by atoms with Gasteiger partial charge in [-0.05, 0) is 45.2 Å². The minimum atomic E-state index is -0.856. The third-order valence-corrected chi connectivity index (χ3v) is 3.83. The van der Waals surface area contributed by atoms with Gasteiger partial charge in [-0.3, -0.25) is 4.79 Å². The van der Waals surface area contributed by atoms with Gasteiger partial charge in [0.25, 0.3) is 5.91 Å². The van der Waals surface area contributed by atoms with Gasteiger partial charge in [0.15, 0.2) is 6.10 Å². The molecule has 0 bridgehead atoms. The van der Waals surface area contributed by atoms with Crippen LogP contribution in [0.5, 0.6) is 0 Å². The van der Waals surface area contributed by atoms with Gasteiger partial charge in [0, 0.05) is 6.04 Å². The number of aryl methyl sites for hydroxylation is 2. The molecule has 0 aliphatic carbocycles. The normalized spacial score (nSPS) is 13.1. The number of furan rings is 1. The predicted molar refractivity (Wildman–Crippen MR) is 90.7 cm³/mol. The molecular weight excluding hydrogens is 306 g/mol. The number of ether oxygens (including phenoxy) is 1. The number of amides is 1. The van der Waals surface area contributed by atoms with Crippen LogP contribution in [0, 0.1) is 6.92 Å². The molecule has 2 atom stereocenters. The molecule has 24 heavy (non-hydrogen) atoms. The summed E-state index contributed by atoms with van der Waals surface area (Å²) in [6, 6.07) is 11.6. The lowest BCUT2D eigenvalue weighted by Crippen LogP contribution is -2.41. The number of hydrogen-bond donors (Lipinski definition) is 1. The van der Waals surface area contributed by atoms with Gasteiger partial charge in [0.1, 0.15) is 11.3 Å². The number of benzene rings is 1. The van der Waals surface area contributed by atoms with Crippen LogP contribution in [0.2, 0.25) is 0 Å². The summed E-state index contributed by atoms with van der Waals surface area (Å²) in [4.78, 5) is 24.1. The molecule has 0 fully saturated rings. The average Bonchev–Trinajstić information content (AvgIpc) is 3.00. The molecule has 1 N–H and O–H groups in total. The maximum atomic E-state index is 12.1. The number of carbonyl (C=O) groups is 2. The molecule has 0 saturated carbocycles. The van der Waals surface area contributed by atoms with Crippen molar-refractivity contribution in [1.29, 1.82) is 0 Å². The Kier molecular flexibility index (Phi) is 6.18. The Bertz CT molecular complexity index is 678. The number of esters is 1. The lowest BCUT2D eigenvalue weighted by Gasteiger charge is -2.18. The first-order chi connectivity index (χ1) is 11.5. The molecule has 0 saturated heterocycles. The number of carbonyl (C=O) groups excluding carboxylic acids is 2. The van der Waals surface area contributed by atoms with E-state index in [1.807, 2.05) is 25.1 Å². The standard InChI is InChI=1S/C19H23NO4/c1-13(9-10-16-7-5-4-6-8-16)20-18(21)15(3)24-19(22)17-11-12-23-14(17)2/h4-8,11-13,15H,9-10H2,1-3H3,(H,20,21)/t13-,15+/m0/s1. The molecule has 1 aromatic carbocycles. The van der Waals surface area contributed by atoms with Crippen LogP contribution in [0.3, 0.4) is 0 Å². The molecule has 1 aromatic heterocycles. The summed E-state index contributed by atoms with van der Waals surface area (Å²) >= 11 is 0. The second kappa shape index (κ2) is 8.34. The minimum absolute atomic E-state index is 0.00507. The van der Waals surface area contributed by atoms with E-state index in [2.05, 4.69) is 17.4 Å². The van der Waals surface area contributed by atoms with Crippen LogP contribution in [0.1, 0.15) is 41.9 Å². The smallest absolute Gasteiger partial charge is 0.342 e. The summed E-state index contributed by atoms with van der Waals surface area (Å²) in [5.41, 5.74) is 1.57. The number of nitrogens with one attached hydrogen (secondary N) is 1. The highest BCUT2D eigenvalue weighted by atomic mass is 16.5. The third kappa shape index (κ3) is 4.98. The van der Waals surface area contributed by atoms with Gasteiger partial charge in [0.05, 0.1) is 6.26 Å². The van der Waals surface area contributed by atoms with E-state index in [1.165, 1.54) is 17.9 Å². The fourth-order valence-corrected chi connectivity index (χ4v) is 2.33. The highest BCUT2D eigenvalue weighted by molar-refractivity contribution is 5.92. The fourth-order valence-electron chi connectivity index (χ4n) is 2.33. The first kappa shape index (κ1) is 17.8. The molecule has 0 aliphatic heterocycles.